The SMILES string of the molecule is Clc1cnc2ccc(Oc3ccccc3)cc2c1Br. The van der Waals surface area contributed by atoms with Crippen molar-refractivity contribution in [1.82, 2.24) is 4.98 Å². The van der Waals surface area contributed by atoms with Gasteiger partial charge < -0.3 is 4.74 Å². The van der Waals surface area contributed by atoms with Crippen molar-refractivity contribution >= 4 is 38.4 Å². The van der Waals surface area contributed by atoms with E-state index in [2.05, 4.69) is 20.9 Å². The van der Waals surface area contributed by atoms with Gasteiger partial charge in [0.25, 0.3) is 0 Å². The quantitative estimate of drug-likeness (QED) is 0.622. The van der Waals surface area contributed by atoms with Gasteiger partial charge in [-0.1, -0.05) is 29.8 Å². The molecule has 1 heterocycles. The molecule has 94 valence electrons. The number of rotatable bonds is 2. The lowest BCUT2D eigenvalue weighted by Crippen LogP contribution is -1.86. The summed E-state index contributed by atoms with van der Waals surface area (Å²) in [4.78, 5) is 4.27. The molecule has 3 rings (SSSR count). The molecule has 0 aliphatic rings. The van der Waals surface area contributed by atoms with E-state index in [1.807, 2.05) is 48.5 Å². The molecule has 0 aliphatic carbocycles. The average molecular weight is 335 g/mol. The normalized spacial score (nSPS) is 10.6. The molecular weight excluding hydrogens is 326 g/mol. The van der Waals surface area contributed by atoms with E-state index in [0.29, 0.717) is 5.02 Å². The zero-order valence-electron chi connectivity index (χ0n) is 9.81. The third-order valence-corrected chi connectivity index (χ3v) is 4.08. The van der Waals surface area contributed by atoms with Crippen LogP contribution in [0, 0.1) is 0 Å². The second-order valence-electron chi connectivity index (χ2n) is 4.01. The van der Waals surface area contributed by atoms with Crippen molar-refractivity contribution in [1.29, 1.82) is 0 Å². The monoisotopic (exact) mass is 333 g/mol. The smallest absolute Gasteiger partial charge is 0.128 e. The van der Waals surface area contributed by atoms with Gasteiger partial charge in [0.2, 0.25) is 0 Å². The Labute approximate surface area is 124 Å². The summed E-state index contributed by atoms with van der Waals surface area (Å²) in [5.74, 6) is 1.55. The van der Waals surface area contributed by atoms with Gasteiger partial charge in [-0.25, -0.2) is 0 Å². The molecule has 0 spiro atoms. The van der Waals surface area contributed by atoms with E-state index in [9.17, 15) is 0 Å². The molecule has 0 saturated heterocycles. The van der Waals surface area contributed by atoms with Crippen LogP contribution in [0.5, 0.6) is 11.5 Å². The molecule has 19 heavy (non-hydrogen) atoms. The molecule has 0 atom stereocenters. The minimum Gasteiger partial charge on any atom is -0.457 e. The predicted octanol–water partition coefficient (Wildman–Crippen LogP) is 5.44. The lowest BCUT2D eigenvalue weighted by atomic mass is 10.2. The Morgan fingerprint density at radius 3 is 2.58 bits per heavy atom. The van der Waals surface area contributed by atoms with E-state index in [1.54, 1.807) is 6.20 Å². The van der Waals surface area contributed by atoms with Crippen LogP contribution in [0.25, 0.3) is 10.9 Å². The molecule has 0 aliphatic heterocycles. The first-order chi connectivity index (χ1) is 9.24. The van der Waals surface area contributed by atoms with Crippen molar-refractivity contribution in [3.63, 3.8) is 0 Å². The highest BCUT2D eigenvalue weighted by atomic mass is 79.9. The summed E-state index contributed by atoms with van der Waals surface area (Å²) in [5.41, 5.74) is 0.872. The molecule has 0 unspecified atom stereocenters. The number of aromatic nitrogens is 1. The molecular formula is C15H9BrClNO. The maximum atomic E-state index is 6.05. The summed E-state index contributed by atoms with van der Waals surface area (Å²) in [7, 11) is 0. The predicted molar refractivity (Wildman–Crippen MR) is 81.0 cm³/mol. The number of hydrogen-bond donors (Lipinski definition) is 0. The minimum absolute atomic E-state index is 0.587. The van der Waals surface area contributed by atoms with Gasteiger partial charge in [0.05, 0.1) is 10.5 Å². The lowest BCUT2D eigenvalue weighted by Gasteiger charge is -2.07. The number of hydrogen-bond acceptors (Lipinski definition) is 2. The topological polar surface area (TPSA) is 22.1 Å². The van der Waals surface area contributed by atoms with Gasteiger partial charge in [-0.2, -0.15) is 0 Å². The van der Waals surface area contributed by atoms with Crippen molar-refractivity contribution in [2.24, 2.45) is 0 Å². The Hall–Kier alpha value is -1.58. The van der Waals surface area contributed by atoms with Gasteiger partial charge in [0.15, 0.2) is 0 Å². The van der Waals surface area contributed by atoms with Crippen molar-refractivity contribution < 1.29 is 4.74 Å². The number of halogens is 2. The Balaban J connectivity index is 2.04. The third kappa shape index (κ3) is 2.57. The first-order valence-electron chi connectivity index (χ1n) is 5.71. The third-order valence-electron chi connectivity index (χ3n) is 2.71. The molecule has 1 aromatic heterocycles. The summed E-state index contributed by atoms with van der Waals surface area (Å²) in [6, 6.07) is 15.4. The van der Waals surface area contributed by atoms with Gasteiger partial charge >= 0.3 is 0 Å². The minimum atomic E-state index is 0.587. The number of fused-ring (bicyclic) bond motifs is 1. The Bertz CT molecular complexity index is 731. The number of ether oxygens (including phenoxy) is 1. The van der Waals surface area contributed by atoms with E-state index in [4.69, 9.17) is 16.3 Å². The fourth-order valence-electron chi connectivity index (χ4n) is 1.80. The fraction of sp³-hybridized carbons (Fsp3) is 0. The van der Waals surface area contributed by atoms with E-state index < -0.39 is 0 Å². The van der Waals surface area contributed by atoms with Gasteiger partial charge in [-0.3, -0.25) is 4.98 Å². The van der Waals surface area contributed by atoms with Crippen LogP contribution in [0.15, 0.2) is 59.2 Å². The maximum absolute atomic E-state index is 6.05. The lowest BCUT2D eigenvalue weighted by molar-refractivity contribution is 0.483. The first kappa shape index (κ1) is 12.5. The Morgan fingerprint density at radius 1 is 1.00 bits per heavy atom. The van der Waals surface area contributed by atoms with Crippen LogP contribution in [0.4, 0.5) is 0 Å². The van der Waals surface area contributed by atoms with Gasteiger partial charge in [0.1, 0.15) is 11.5 Å². The van der Waals surface area contributed by atoms with Crippen molar-refractivity contribution in [2.75, 3.05) is 0 Å². The first-order valence-corrected chi connectivity index (χ1v) is 6.88. The van der Waals surface area contributed by atoms with E-state index in [0.717, 1.165) is 26.9 Å². The number of benzene rings is 2. The molecule has 0 saturated carbocycles. The zero-order chi connectivity index (χ0) is 13.2. The van der Waals surface area contributed by atoms with Crippen LogP contribution in [0.1, 0.15) is 0 Å². The van der Waals surface area contributed by atoms with Crippen LogP contribution in [-0.2, 0) is 0 Å². The largest absolute Gasteiger partial charge is 0.457 e. The number of para-hydroxylation sites is 1. The van der Waals surface area contributed by atoms with Gasteiger partial charge in [0, 0.05) is 16.1 Å². The van der Waals surface area contributed by atoms with Crippen LogP contribution in [0.3, 0.4) is 0 Å². The standard InChI is InChI=1S/C15H9BrClNO/c16-15-12-8-11(19-10-4-2-1-3-5-10)6-7-14(12)18-9-13(15)17/h1-9H. The molecule has 2 aromatic carbocycles. The van der Waals surface area contributed by atoms with Gasteiger partial charge in [-0.15, -0.1) is 0 Å². The van der Waals surface area contributed by atoms with E-state index in [-0.39, 0.29) is 0 Å². The summed E-state index contributed by atoms with van der Waals surface area (Å²) < 4.78 is 6.62. The number of pyridine rings is 1. The average Bonchev–Trinajstić information content (AvgIpc) is 2.45. The van der Waals surface area contributed by atoms with Gasteiger partial charge in [-0.05, 0) is 46.3 Å². The fourth-order valence-corrected chi connectivity index (χ4v) is 2.37. The summed E-state index contributed by atoms with van der Waals surface area (Å²) in [6.07, 6.45) is 1.63. The van der Waals surface area contributed by atoms with E-state index in [1.165, 1.54) is 0 Å². The zero-order valence-corrected chi connectivity index (χ0v) is 12.1. The van der Waals surface area contributed by atoms with Crippen LogP contribution >= 0.6 is 27.5 Å². The van der Waals surface area contributed by atoms with Crippen LogP contribution in [-0.4, -0.2) is 4.98 Å². The molecule has 4 heteroatoms. The molecule has 0 radical (unpaired) electrons. The van der Waals surface area contributed by atoms with Crippen molar-refractivity contribution in [3.05, 3.63) is 64.2 Å². The van der Waals surface area contributed by atoms with Crippen molar-refractivity contribution in [2.45, 2.75) is 0 Å². The summed E-state index contributed by atoms with van der Waals surface area (Å²) in [5, 5.41) is 1.52. The highest BCUT2D eigenvalue weighted by Gasteiger charge is 2.06. The molecule has 2 nitrogen and oxygen atoms in total. The summed E-state index contributed by atoms with van der Waals surface area (Å²) >= 11 is 9.52. The molecule has 0 bridgehead atoms. The number of nitrogens with zero attached hydrogens (tertiary/aromatic N) is 1. The van der Waals surface area contributed by atoms with Crippen LogP contribution in [0.2, 0.25) is 5.02 Å². The van der Waals surface area contributed by atoms with E-state index >= 15 is 0 Å². The second-order valence-corrected chi connectivity index (χ2v) is 5.21. The Morgan fingerprint density at radius 2 is 1.79 bits per heavy atom. The molecule has 3 aromatic rings. The highest BCUT2D eigenvalue weighted by Crippen LogP contribution is 2.33. The Kier molecular flexibility index (Phi) is 3.40. The molecule has 0 fully saturated rings. The van der Waals surface area contributed by atoms with Crippen LogP contribution < -0.4 is 4.74 Å². The van der Waals surface area contributed by atoms with Crippen molar-refractivity contribution in [3.8, 4) is 11.5 Å². The molecule has 0 N–H and O–H groups in total. The summed E-state index contributed by atoms with van der Waals surface area (Å²) in [6.45, 7) is 0. The second kappa shape index (κ2) is 5.19. The molecule has 0 amide bonds. The highest BCUT2D eigenvalue weighted by molar-refractivity contribution is 9.10. The maximum Gasteiger partial charge on any atom is 0.128 e.